The quantitative estimate of drug-likeness (QED) is 0.745. The minimum Gasteiger partial charge on any atom is -0.497 e. The predicted molar refractivity (Wildman–Crippen MR) is 95.2 cm³/mol. The smallest absolute Gasteiger partial charge is 0.270 e. The Labute approximate surface area is 146 Å². The third-order valence-corrected chi connectivity index (χ3v) is 3.79. The van der Waals surface area contributed by atoms with E-state index in [1.165, 1.54) is 0 Å². The fraction of sp³-hybridized carbons (Fsp3) is 0.263. The van der Waals surface area contributed by atoms with Crippen LogP contribution in [0, 0.1) is 6.92 Å². The molecule has 0 spiro atoms. The number of nitrogens with zero attached hydrogens (tertiary/aromatic N) is 2. The number of carbonyl (C=O) groups is 1. The zero-order valence-corrected chi connectivity index (χ0v) is 14.6. The van der Waals surface area contributed by atoms with Crippen LogP contribution in [0.2, 0.25) is 0 Å². The number of hydrogen-bond acceptors (Lipinski definition) is 4. The van der Waals surface area contributed by atoms with Crippen LogP contribution in [0.3, 0.4) is 0 Å². The van der Waals surface area contributed by atoms with Crippen molar-refractivity contribution in [2.75, 3.05) is 13.7 Å². The van der Waals surface area contributed by atoms with E-state index >= 15 is 0 Å². The average Bonchev–Trinajstić information content (AvgIpc) is 3.26. The number of methoxy groups -OCH3 is 1. The lowest BCUT2D eigenvalue weighted by molar-refractivity contribution is 0.0946. The Morgan fingerprint density at radius 3 is 2.60 bits per heavy atom. The molecule has 2 aromatic heterocycles. The number of carbonyl (C=O) groups excluding carboxylic acids is 1. The molecule has 0 aliphatic carbocycles. The second-order valence-electron chi connectivity index (χ2n) is 5.69. The minimum atomic E-state index is -0.167. The van der Waals surface area contributed by atoms with Gasteiger partial charge in [-0.25, -0.2) is 4.68 Å². The lowest BCUT2D eigenvalue weighted by Crippen LogP contribution is -2.26. The highest BCUT2D eigenvalue weighted by molar-refractivity contribution is 5.94. The van der Waals surface area contributed by atoms with Gasteiger partial charge in [-0.15, -0.1) is 0 Å². The van der Waals surface area contributed by atoms with Gasteiger partial charge < -0.3 is 14.5 Å². The highest BCUT2D eigenvalue weighted by Crippen LogP contribution is 2.24. The van der Waals surface area contributed by atoms with Crippen molar-refractivity contribution in [1.29, 1.82) is 0 Å². The molecule has 2 heterocycles. The molecule has 0 aliphatic rings. The number of rotatable bonds is 6. The number of benzene rings is 1. The molecule has 0 radical (unpaired) electrons. The number of aryl methyl sites for hydroxylation is 1. The minimum absolute atomic E-state index is 0.167. The highest BCUT2D eigenvalue weighted by Gasteiger charge is 2.18. The number of amides is 1. The van der Waals surface area contributed by atoms with Crippen molar-refractivity contribution in [2.45, 2.75) is 20.3 Å². The SMILES string of the molecule is CCCNC(=O)c1cc(-c2ccc(C)o2)nn1-c1ccc(OC)cc1. The Bertz CT molecular complexity index is 862. The molecule has 0 unspecified atom stereocenters. The van der Waals surface area contributed by atoms with Crippen LogP contribution in [0.25, 0.3) is 17.1 Å². The number of aromatic nitrogens is 2. The molecule has 1 amide bonds. The molecule has 1 aromatic carbocycles. The van der Waals surface area contributed by atoms with Gasteiger partial charge in [-0.2, -0.15) is 5.10 Å². The van der Waals surface area contributed by atoms with Crippen molar-refractivity contribution >= 4 is 5.91 Å². The van der Waals surface area contributed by atoms with Gasteiger partial charge >= 0.3 is 0 Å². The molecule has 130 valence electrons. The molecule has 0 fully saturated rings. The first-order chi connectivity index (χ1) is 12.1. The van der Waals surface area contributed by atoms with Gasteiger partial charge in [0.2, 0.25) is 0 Å². The van der Waals surface area contributed by atoms with Gasteiger partial charge in [0, 0.05) is 12.6 Å². The average molecular weight is 339 g/mol. The Morgan fingerprint density at radius 1 is 1.24 bits per heavy atom. The van der Waals surface area contributed by atoms with Crippen molar-refractivity contribution < 1.29 is 13.9 Å². The Balaban J connectivity index is 2.03. The van der Waals surface area contributed by atoms with E-state index in [0.29, 0.717) is 23.7 Å². The number of nitrogens with one attached hydrogen (secondary N) is 1. The van der Waals surface area contributed by atoms with E-state index in [2.05, 4.69) is 10.4 Å². The van der Waals surface area contributed by atoms with Gasteiger partial charge in [0.25, 0.3) is 5.91 Å². The summed E-state index contributed by atoms with van der Waals surface area (Å²) in [5.41, 5.74) is 1.85. The van der Waals surface area contributed by atoms with Crippen LogP contribution >= 0.6 is 0 Å². The van der Waals surface area contributed by atoms with Crippen LogP contribution in [0.5, 0.6) is 5.75 Å². The van der Waals surface area contributed by atoms with Crippen molar-refractivity contribution in [1.82, 2.24) is 15.1 Å². The summed E-state index contributed by atoms with van der Waals surface area (Å²) in [5.74, 6) is 2.01. The normalized spacial score (nSPS) is 10.7. The Hall–Kier alpha value is -3.02. The van der Waals surface area contributed by atoms with Gasteiger partial charge in [-0.05, 0) is 49.7 Å². The molecule has 6 nitrogen and oxygen atoms in total. The lowest BCUT2D eigenvalue weighted by atomic mass is 10.2. The first-order valence-electron chi connectivity index (χ1n) is 8.22. The van der Waals surface area contributed by atoms with E-state index in [1.807, 2.05) is 50.2 Å². The van der Waals surface area contributed by atoms with Crippen molar-refractivity contribution in [2.24, 2.45) is 0 Å². The molecule has 0 aliphatic heterocycles. The predicted octanol–water partition coefficient (Wildman–Crippen LogP) is 3.59. The first-order valence-corrected chi connectivity index (χ1v) is 8.22. The van der Waals surface area contributed by atoms with E-state index in [4.69, 9.17) is 9.15 Å². The maximum atomic E-state index is 12.5. The maximum absolute atomic E-state index is 12.5. The summed E-state index contributed by atoms with van der Waals surface area (Å²) in [4.78, 5) is 12.5. The van der Waals surface area contributed by atoms with Crippen LogP contribution < -0.4 is 10.1 Å². The van der Waals surface area contributed by atoms with E-state index in [9.17, 15) is 4.79 Å². The van der Waals surface area contributed by atoms with Crippen molar-refractivity contribution in [3.8, 4) is 22.9 Å². The van der Waals surface area contributed by atoms with Crippen LogP contribution in [0.4, 0.5) is 0 Å². The Kier molecular flexibility index (Phi) is 4.88. The largest absolute Gasteiger partial charge is 0.497 e. The summed E-state index contributed by atoms with van der Waals surface area (Å²) in [6.45, 7) is 4.50. The summed E-state index contributed by atoms with van der Waals surface area (Å²) in [6.07, 6.45) is 0.868. The zero-order chi connectivity index (χ0) is 17.8. The standard InChI is InChI=1S/C19H21N3O3/c1-4-11-20-19(23)17-12-16(18-10-5-13(2)25-18)21-22(17)14-6-8-15(24-3)9-7-14/h5-10,12H,4,11H2,1-3H3,(H,20,23). The molecule has 1 N–H and O–H groups in total. The fourth-order valence-electron chi connectivity index (χ4n) is 2.48. The molecule has 0 saturated carbocycles. The van der Waals surface area contributed by atoms with Crippen molar-refractivity contribution in [3.63, 3.8) is 0 Å². The first kappa shape index (κ1) is 16.8. The highest BCUT2D eigenvalue weighted by atomic mass is 16.5. The molecule has 25 heavy (non-hydrogen) atoms. The molecule has 6 heteroatoms. The van der Waals surface area contributed by atoms with E-state index < -0.39 is 0 Å². The van der Waals surface area contributed by atoms with Gasteiger partial charge in [0.1, 0.15) is 22.9 Å². The second kappa shape index (κ2) is 7.25. The van der Waals surface area contributed by atoms with Crippen LogP contribution in [0.15, 0.2) is 46.9 Å². The monoisotopic (exact) mass is 339 g/mol. The number of ether oxygens (including phenoxy) is 1. The molecule has 3 rings (SSSR count). The molecule has 0 bridgehead atoms. The van der Waals surface area contributed by atoms with E-state index in [0.717, 1.165) is 23.6 Å². The number of hydrogen-bond donors (Lipinski definition) is 1. The van der Waals surface area contributed by atoms with Crippen LogP contribution in [-0.2, 0) is 0 Å². The fourth-order valence-corrected chi connectivity index (χ4v) is 2.48. The topological polar surface area (TPSA) is 69.3 Å². The summed E-state index contributed by atoms with van der Waals surface area (Å²) >= 11 is 0. The maximum Gasteiger partial charge on any atom is 0.270 e. The third-order valence-electron chi connectivity index (χ3n) is 3.79. The molecule has 3 aromatic rings. The van der Waals surface area contributed by atoms with Gasteiger partial charge in [-0.1, -0.05) is 6.92 Å². The van der Waals surface area contributed by atoms with Gasteiger partial charge in [0.05, 0.1) is 12.8 Å². The lowest BCUT2D eigenvalue weighted by Gasteiger charge is -2.08. The van der Waals surface area contributed by atoms with E-state index in [-0.39, 0.29) is 5.91 Å². The Morgan fingerprint density at radius 2 is 2.00 bits per heavy atom. The van der Waals surface area contributed by atoms with Crippen LogP contribution in [-0.4, -0.2) is 29.3 Å². The molecule has 0 saturated heterocycles. The second-order valence-corrected chi connectivity index (χ2v) is 5.69. The zero-order valence-electron chi connectivity index (χ0n) is 14.6. The summed E-state index contributed by atoms with van der Waals surface area (Å²) in [6, 6.07) is 12.9. The third kappa shape index (κ3) is 3.57. The van der Waals surface area contributed by atoms with Crippen molar-refractivity contribution in [3.05, 3.63) is 53.9 Å². The number of furan rings is 1. The summed E-state index contributed by atoms with van der Waals surface area (Å²) < 4.78 is 12.5. The van der Waals surface area contributed by atoms with E-state index in [1.54, 1.807) is 17.9 Å². The van der Waals surface area contributed by atoms with Gasteiger partial charge in [0.15, 0.2) is 5.76 Å². The molecular formula is C19H21N3O3. The molecular weight excluding hydrogens is 318 g/mol. The summed E-state index contributed by atoms with van der Waals surface area (Å²) in [5, 5.41) is 7.47. The van der Waals surface area contributed by atoms with Crippen LogP contribution in [0.1, 0.15) is 29.6 Å². The summed E-state index contributed by atoms with van der Waals surface area (Å²) in [7, 11) is 1.61. The molecule has 0 atom stereocenters. The van der Waals surface area contributed by atoms with Gasteiger partial charge in [-0.3, -0.25) is 4.79 Å².